The number of benzene rings is 2. The third-order valence-corrected chi connectivity index (χ3v) is 2.88. The van der Waals surface area contributed by atoms with Crippen LogP contribution >= 0.6 is 11.6 Å². The van der Waals surface area contributed by atoms with Crippen molar-refractivity contribution in [2.75, 3.05) is 11.9 Å². The quantitative estimate of drug-likeness (QED) is 0.878. The maximum Gasteiger partial charge on any atom is 0.138 e. The number of nitrogens with one attached hydrogen (secondary N) is 1. The Hall–Kier alpha value is -1.74. The van der Waals surface area contributed by atoms with Crippen molar-refractivity contribution in [2.24, 2.45) is 0 Å². The fourth-order valence-corrected chi connectivity index (χ4v) is 1.86. The summed E-state index contributed by atoms with van der Waals surface area (Å²) in [6.45, 7) is 2.56. The molecule has 100 valence electrons. The van der Waals surface area contributed by atoms with Gasteiger partial charge in [-0.15, -0.1) is 0 Å². The molecule has 0 aliphatic heterocycles. The molecule has 0 aromatic heterocycles. The third kappa shape index (κ3) is 4.14. The maximum atomic E-state index is 12.9. The van der Waals surface area contributed by atoms with Crippen LogP contribution in [0.3, 0.4) is 0 Å². The molecule has 0 bridgehead atoms. The molecule has 0 amide bonds. The van der Waals surface area contributed by atoms with Gasteiger partial charge < -0.3 is 10.1 Å². The van der Waals surface area contributed by atoms with Gasteiger partial charge in [-0.05, 0) is 37.3 Å². The van der Waals surface area contributed by atoms with E-state index in [2.05, 4.69) is 5.32 Å². The van der Waals surface area contributed by atoms with E-state index in [4.69, 9.17) is 16.3 Å². The van der Waals surface area contributed by atoms with E-state index in [1.165, 1.54) is 18.2 Å². The van der Waals surface area contributed by atoms with Gasteiger partial charge >= 0.3 is 0 Å². The van der Waals surface area contributed by atoms with Crippen LogP contribution in [0.1, 0.15) is 6.92 Å². The average Bonchev–Trinajstić information content (AvgIpc) is 2.41. The Morgan fingerprint density at radius 1 is 1.21 bits per heavy atom. The molecule has 0 radical (unpaired) electrons. The molecule has 2 aromatic carbocycles. The summed E-state index contributed by atoms with van der Waals surface area (Å²) in [6.07, 6.45) is -0.0804. The number of anilines is 1. The average molecular weight is 280 g/mol. The van der Waals surface area contributed by atoms with Gasteiger partial charge in [0.25, 0.3) is 0 Å². The van der Waals surface area contributed by atoms with Gasteiger partial charge in [0, 0.05) is 5.69 Å². The molecule has 4 heteroatoms. The summed E-state index contributed by atoms with van der Waals surface area (Å²) < 4.78 is 18.6. The van der Waals surface area contributed by atoms with E-state index in [0.29, 0.717) is 12.3 Å². The van der Waals surface area contributed by atoms with Crippen LogP contribution in [0.4, 0.5) is 10.1 Å². The van der Waals surface area contributed by atoms with Crippen molar-refractivity contribution in [2.45, 2.75) is 13.0 Å². The van der Waals surface area contributed by atoms with Crippen LogP contribution in [0.15, 0.2) is 48.5 Å². The highest BCUT2D eigenvalue weighted by Gasteiger charge is 2.08. The first-order valence-electron chi connectivity index (χ1n) is 6.06. The molecule has 2 rings (SSSR count). The monoisotopic (exact) mass is 279 g/mol. The summed E-state index contributed by atoms with van der Waals surface area (Å²) in [4.78, 5) is 0. The third-order valence-electron chi connectivity index (χ3n) is 2.59. The van der Waals surface area contributed by atoms with Gasteiger partial charge in [-0.1, -0.05) is 29.8 Å². The SMILES string of the molecule is CC(CNc1ccccc1)Oc1ccc(F)cc1Cl. The first-order valence-corrected chi connectivity index (χ1v) is 6.43. The van der Waals surface area contributed by atoms with Crippen LogP contribution in [-0.4, -0.2) is 12.6 Å². The molecular formula is C15H15ClFNO. The second-order valence-corrected chi connectivity index (χ2v) is 4.66. The second-order valence-electron chi connectivity index (χ2n) is 4.25. The van der Waals surface area contributed by atoms with Crippen molar-refractivity contribution in [1.29, 1.82) is 0 Å². The van der Waals surface area contributed by atoms with Crippen LogP contribution in [0.5, 0.6) is 5.75 Å². The number of para-hydroxylation sites is 1. The van der Waals surface area contributed by atoms with Crippen molar-refractivity contribution in [3.63, 3.8) is 0 Å². The predicted octanol–water partition coefficient (Wildman–Crippen LogP) is 4.36. The number of halogens is 2. The van der Waals surface area contributed by atoms with Crippen molar-refractivity contribution in [3.8, 4) is 5.75 Å². The van der Waals surface area contributed by atoms with Crippen molar-refractivity contribution >= 4 is 17.3 Å². The minimum absolute atomic E-state index is 0.0804. The molecule has 0 heterocycles. The fourth-order valence-electron chi connectivity index (χ4n) is 1.65. The van der Waals surface area contributed by atoms with Gasteiger partial charge in [-0.2, -0.15) is 0 Å². The first-order chi connectivity index (χ1) is 9.15. The minimum Gasteiger partial charge on any atom is -0.487 e. The summed E-state index contributed by atoms with van der Waals surface area (Å²) in [7, 11) is 0. The van der Waals surface area contributed by atoms with E-state index in [9.17, 15) is 4.39 Å². The molecule has 0 aliphatic carbocycles. The lowest BCUT2D eigenvalue weighted by atomic mass is 10.3. The summed E-state index contributed by atoms with van der Waals surface area (Å²) in [5.41, 5.74) is 1.03. The molecule has 1 N–H and O–H groups in total. The Morgan fingerprint density at radius 2 is 1.95 bits per heavy atom. The van der Waals surface area contributed by atoms with E-state index in [0.717, 1.165) is 5.69 Å². The van der Waals surface area contributed by atoms with E-state index < -0.39 is 0 Å². The second kappa shape index (κ2) is 6.43. The van der Waals surface area contributed by atoms with E-state index in [-0.39, 0.29) is 16.9 Å². The summed E-state index contributed by atoms with van der Waals surface area (Å²) >= 11 is 5.91. The van der Waals surface area contributed by atoms with Crippen molar-refractivity contribution in [1.82, 2.24) is 0 Å². The Bertz CT molecular complexity index is 533. The van der Waals surface area contributed by atoms with Gasteiger partial charge in [0.05, 0.1) is 11.6 Å². The van der Waals surface area contributed by atoms with Gasteiger partial charge in [0.1, 0.15) is 17.7 Å². The lowest BCUT2D eigenvalue weighted by Crippen LogP contribution is -2.22. The topological polar surface area (TPSA) is 21.3 Å². The lowest BCUT2D eigenvalue weighted by molar-refractivity contribution is 0.234. The molecule has 2 aromatic rings. The molecule has 1 atom stereocenters. The van der Waals surface area contributed by atoms with Crippen LogP contribution in [0, 0.1) is 5.82 Å². The highest BCUT2D eigenvalue weighted by molar-refractivity contribution is 6.32. The van der Waals surface area contributed by atoms with Crippen LogP contribution in [0.2, 0.25) is 5.02 Å². The number of hydrogen-bond acceptors (Lipinski definition) is 2. The van der Waals surface area contributed by atoms with Crippen LogP contribution in [0.25, 0.3) is 0 Å². The van der Waals surface area contributed by atoms with E-state index in [1.54, 1.807) is 0 Å². The molecular weight excluding hydrogens is 265 g/mol. The Kier molecular flexibility index (Phi) is 4.63. The molecule has 0 saturated heterocycles. The molecule has 0 fully saturated rings. The zero-order valence-electron chi connectivity index (χ0n) is 10.6. The highest BCUT2D eigenvalue weighted by Crippen LogP contribution is 2.25. The highest BCUT2D eigenvalue weighted by atomic mass is 35.5. The van der Waals surface area contributed by atoms with Gasteiger partial charge in [-0.25, -0.2) is 4.39 Å². The Labute approximate surface area is 117 Å². The standard InChI is InChI=1S/C15H15ClFNO/c1-11(10-18-13-5-3-2-4-6-13)19-15-8-7-12(17)9-14(15)16/h2-9,11,18H,10H2,1H3. The molecule has 2 nitrogen and oxygen atoms in total. The van der Waals surface area contributed by atoms with Gasteiger partial charge in [0.2, 0.25) is 0 Å². The summed E-state index contributed by atoms with van der Waals surface area (Å²) in [5, 5.41) is 3.54. The molecule has 0 saturated carbocycles. The van der Waals surface area contributed by atoms with Crippen LogP contribution < -0.4 is 10.1 Å². The normalized spacial score (nSPS) is 11.9. The first kappa shape index (κ1) is 13.7. The van der Waals surface area contributed by atoms with Gasteiger partial charge in [-0.3, -0.25) is 0 Å². The maximum absolute atomic E-state index is 12.9. The Balaban J connectivity index is 1.89. The van der Waals surface area contributed by atoms with Crippen molar-refractivity contribution in [3.05, 3.63) is 59.4 Å². The van der Waals surface area contributed by atoms with Gasteiger partial charge in [0.15, 0.2) is 0 Å². The number of ether oxygens (including phenoxy) is 1. The van der Waals surface area contributed by atoms with E-state index >= 15 is 0 Å². The van der Waals surface area contributed by atoms with Crippen molar-refractivity contribution < 1.29 is 9.13 Å². The Morgan fingerprint density at radius 3 is 2.63 bits per heavy atom. The smallest absolute Gasteiger partial charge is 0.138 e. The van der Waals surface area contributed by atoms with E-state index in [1.807, 2.05) is 37.3 Å². The molecule has 19 heavy (non-hydrogen) atoms. The number of rotatable bonds is 5. The molecule has 0 spiro atoms. The summed E-state index contributed by atoms with van der Waals surface area (Å²) in [6, 6.07) is 14.0. The predicted molar refractivity (Wildman–Crippen MR) is 76.4 cm³/mol. The summed E-state index contributed by atoms with van der Waals surface area (Å²) in [5.74, 6) is 0.123. The molecule has 1 unspecified atom stereocenters. The molecule has 0 aliphatic rings. The fraction of sp³-hybridized carbons (Fsp3) is 0.200. The zero-order chi connectivity index (χ0) is 13.7. The number of hydrogen-bond donors (Lipinski definition) is 1. The van der Waals surface area contributed by atoms with Crippen LogP contribution in [-0.2, 0) is 0 Å². The largest absolute Gasteiger partial charge is 0.487 e. The zero-order valence-corrected chi connectivity index (χ0v) is 11.3. The lowest BCUT2D eigenvalue weighted by Gasteiger charge is -2.17. The minimum atomic E-state index is -0.368.